The maximum Gasteiger partial charge on any atom is 0.264 e. The molecular weight excluding hydrogens is 390 g/mol. The Morgan fingerprint density at radius 1 is 1.03 bits per heavy atom. The van der Waals surface area contributed by atoms with Gasteiger partial charge in [0.25, 0.3) is 11.5 Å². The van der Waals surface area contributed by atoms with Crippen molar-refractivity contribution in [3.8, 4) is 0 Å². The Kier molecular flexibility index (Phi) is 6.70. The molecule has 0 spiro atoms. The standard InChI is InChI=1S/C25H27N3O3/c1-17-13-14-28(18(2)20-10-6-5-7-11-20)25(31)23(17)24(30)26-21-12-8-9-19(15-21)16-22(29)27(3)4/h5-15,18H,16H2,1-4H3,(H,26,30). The van der Waals surface area contributed by atoms with Crippen LogP contribution in [0.2, 0.25) is 0 Å². The molecule has 0 aliphatic heterocycles. The molecule has 31 heavy (non-hydrogen) atoms. The molecule has 0 fully saturated rings. The summed E-state index contributed by atoms with van der Waals surface area (Å²) in [6, 6.07) is 18.4. The lowest BCUT2D eigenvalue weighted by molar-refractivity contribution is -0.127. The largest absolute Gasteiger partial charge is 0.349 e. The van der Waals surface area contributed by atoms with Gasteiger partial charge >= 0.3 is 0 Å². The first-order valence-corrected chi connectivity index (χ1v) is 10.1. The molecule has 3 aromatic rings. The van der Waals surface area contributed by atoms with E-state index < -0.39 is 5.91 Å². The Hall–Kier alpha value is -3.67. The summed E-state index contributed by atoms with van der Waals surface area (Å²) in [5.41, 5.74) is 2.69. The first kappa shape index (κ1) is 22.0. The Morgan fingerprint density at radius 2 is 1.74 bits per heavy atom. The third kappa shape index (κ3) is 5.09. The minimum atomic E-state index is -0.465. The molecule has 1 unspecified atom stereocenters. The lowest BCUT2D eigenvalue weighted by atomic mass is 10.1. The quantitative estimate of drug-likeness (QED) is 0.666. The zero-order valence-electron chi connectivity index (χ0n) is 18.3. The van der Waals surface area contributed by atoms with Gasteiger partial charge in [-0.25, -0.2) is 0 Å². The van der Waals surface area contributed by atoms with Crippen molar-refractivity contribution >= 4 is 17.5 Å². The monoisotopic (exact) mass is 417 g/mol. The van der Waals surface area contributed by atoms with Gasteiger partial charge in [-0.05, 0) is 48.7 Å². The number of hydrogen-bond acceptors (Lipinski definition) is 3. The molecule has 1 aromatic heterocycles. The first-order chi connectivity index (χ1) is 14.8. The number of aryl methyl sites for hydroxylation is 1. The van der Waals surface area contributed by atoms with E-state index in [1.54, 1.807) is 56.0 Å². The van der Waals surface area contributed by atoms with Crippen molar-refractivity contribution in [2.24, 2.45) is 0 Å². The normalized spacial score (nSPS) is 11.6. The van der Waals surface area contributed by atoms with Crippen LogP contribution in [0.25, 0.3) is 0 Å². The predicted molar refractivity (Wildman–Crippen MR) is 122 cm³/mol. The van der Waals surface area contributed by atoms with Crippen molar-refractivity contribution in [2.75, 3.05) is 19.4 Å². The highest BCUT2D eigenvalue weighted by Gasteiger charge is 2.19. The lowest BCUT2D eigenvalue weighted by Crippen LogP contribution is -2.32. The second-order valence-electron chi connectivity index (χ2n) is 7.79. The van der Waals surface area contributed by atoms with Crippen molar-refractivity contribution in [1.29, 1.82) is 0 Å². The number of anilines is 1. The maximum absolute atomic E-state index is 13.2. The van der Waals surface area contributed by atoms with Crippen LogP contribution in [0.5, 0.6) is 0 Å². The molecule has 0 aliphatic carbocycles. The van der Waals surface area contributed by atoms with Crippen molar-refractivity contribution < 1.29 is 9.59 Å². The van der Waals surface area contributed by atoms with Gasteiger partial charge in [0.2, 0.25) is 5.91 Å². The van der Waals surface area contributed by atoms with Gasteiger partial charge in [0.05, 0.1) is 12.5 Å². The molecule has 160 valence electrons. The van der Waals surface area contributed by atoms with Gasteiger partial charge in [0, 0.05) is 26.0 Å². The summed E-state index contributed by atoms with van der Waals surface area (Å²) in [5, 5.41) is 2.81. The Labute approximate surface area is 182 Å². The number of amides is 2. The summed E-state index contributed by atoms with van der Waals surface area (Å²) in [6.07, 6.45) is 1.96. The molecule has 6 heteroatoms. The third-order valence-electron chi connectivity index (χ3n) is 5.29. The summed E-state index contributed by atoms with van der Waals surface area (Å²) in [4.78, 5) is 39.7. The molecule has 0 aliphatic rings. The van der Waals surface area contributed by atoms with Crippen LogP contribution in [0.4, 0.5) is 5.69 Å². The summed E-state index contributed by atoms with van der Waals surface area (Å²) in [6.45, 7) is 3.68. The fourth-order valence-electron chi connectivity index (χ4n) is 3.40. The fourth-order valence-corrected chi connectivity index (χ4v) is 3.40. The van der Waals surface area contributed by atoms with Gasteiger partial charge in [-0.2, -0.15) is 0 Å². The van der Waals surface area contributed by atoms with E-state index in [0.29, 0.717) is 11.3 Å². The van der Waals surface area contributed by atoms with Gasteiger partial charge in [-0.15, -0.1) is 0 Å². The van der Waals surface area contributed by atoms with E-state index in [1.807, 2.05) is 43.3 Å². The molecule has 0 radical (unpaired) electrons. The summed E-state index contributed by atoms with van der Waals surface area (Å²) < 4.78 is 1.57. The van der Waals surface area contributed by atoms with Gasteiger partial charge < -0.3 is 14.8 Å². The third-order valence-corrected chi connectivity index (χ3v) is 5.29. The highest BCUT2D eigenvalue weighted by Crippen LogP contribution is 2.18. The number of pyridine rings is 1. The summed E-state index contributed by atoms with van der Waals surface area (Å²) >= 11 is 0. The van der Waals surface area contributed by atoms with E-state index in [1.165, 1.54) is 4.90 Å². The second-order valence-corrected chi connectivity index (χ2v) is 7.79. The predicted octanol–water partition coefficient (Wildman–Crippen LogP) is 3.65. The second kappa shape index (κ2) is 9.43. The Morgan fingerprint density at radius 3 is 2.42 bits per heavy atom. The lowest BCUT2D eigenvalue weighted by Gasteiger charge is -2.18. The van der Waals surface area contributed by atoms with Crippen molar-refractivity contribution in [2.45, 2.75) is 26.3 Å². The number of carbonyl (C=O) groups excluding carboxylic acids is 2. The molecule has 0 bridgehead atoms. The summed E-state index contributed by atoms with van der Waals surface area (Å²) in [7, 11) is 3.40. The molecule has 6 nitrogen and oxygen atoms in total. The zero-order chi connectivity index (χ0) is 22.5. The number of benzene rings is 2. The van der Waals surface area contributed by atoms with Gasteiger partial charge in [-0.1, -0.05) is 42.5 Å². The number of nitrogens with one attached hydrogen (secondary N) is 1. The zero-order valence-corrected chi connectivity index (χ0v) is 18.3. The highest BCUT2D eigenvalue weighted by atomic mass is 16.2. The van der Waals surface area contributed by atoms with Crippen LogP contribution < -0.4 is 10.9 Å². The van der Waals surface area contributed by atoms with Crippen molar-refractivity contribution in [3.05, 3.63) is 99.5 Å². The van der Waals surface area contributed by atoms with Crippen molar-refractivity contribution in [1.82, 2.24) is 9.47 Å². The number of likely N-dealkylation sites (N-methyl/N-ethyl adjacent to an activating group) is 1. The average molecular weight is 418 g/mol. The van der Waals surface area contributed by atoms with Gasteiger partial charge in [-0.3, -0.25) is 14.4 Å². The Bertz CT molecular complexity index is 1150. The minimum Gasteiger partial charge on any atom is -0.349 e. The van der Waals surface area contributed by atoms with E-state index in [9.17, 15) is 14.4 Å². The number of carbonyl (C=O) groups is 2. The minimum absolute atomic E-state index is 0.0276. The van der Waals surface area contributed by atoms with E-state index in [4.69, 9.17) is 0 Å². The first-order valence-electron chi connectivity index (χ1n) is 10.1. The van der Waals surface area contributed by atoms with Crippen LogP contribution in [-0.4, -0.2) is 35.4 Å². The van der Waals surface area contributed by atoms with Crippen LogP contribution in [0, 0.1) is 6.92 Å². The van der Waals surface area contributed by atoms with Crippen LogP contribution in [0.1, 0.15) is 40.0 Å². The van der Waals surface area contributed by atoms with E-state index >= 15 is 0 Å². The number of rotatable bonds is 6. The van der Waals surface area contributed by atoms with Crippen LogP contribution >= 0.6 is 0 Å². The van der Waals surface area contributed by atoms with E-state index in [0.717, 1.165) is 11.1 Å². The molecule has 1 heterocycles. The van der Waals surface area contributed by atoms with Crippen LogP contribution in [-0.2, 0) is 11.2 Å². The topological polar surface area (TPSA) is 71.4 Å². The van der Waals surface area contributed by atoms with Crippen LogP contribution in [0.15, 0.2) is 71.7 Å². The van der Waals surface area contributed by atoms with E-state index in [2.05, 4.69) is 5.32 Å². The fraction of sp³-hybridized carbons (Fsp3) is 0.240. The SMILES string of the molecule is Cc1ccn(C(C)c2ccccc2)c(=O)c1C(=O)Nc1cccc(CC(=O)N(C)C)c1. The van der Waals surface area contributed by atoms with E-state index in [-0.39, 0.29) is 29.5 Å². The molecular formula is C25H27N3O3. The number of aromatic nitrogens is 1. The van der Waals surface area contributed by atoms with Crippen LogP contribution in [0.3, 0.4) is 0 Å². The Balaban J connectivity index is 1.87. The van der Waals surface area contributed by atoms with Gasteiger partial charge in [0.1, 0.15) is 5.56 Å². The summed E-state index contributed by atoms with van der Waals surface area (Å²) in [5.74, 6) is -0.492. The molecule has 3 rings (SSSR count). The van der Waals surface area contributed by atoms with Crippen molar-refractivity contribution in [3.63, 3.8) is 0 Å². The smallest absolute Gasteiger partial charge is 0.264 e. The molecule has 0 saturated heterocycles. The molecule has 0 saturated carbocycles. The molecule has 1 atom stereocenters. The highest BCUT2D eigenvalue weighted by molar-refractivity contribution is 6.05. The average Bonchev–Trinajstić information content (AvgIpc) is 2.74. The molecule has 2 amide bonds. The van der Waals surface area contributed by atoms with Gasteiger partial charge in [0.15, 0.2) is 0 Å². The molecule has 1 N–H and O–H groups in total. The molecule has 2 aromatic carbocycles. The number of hydrogen-bond donors (Lipinski definition) is 1. The number of nitrogens with zero attached hydrogens (tertiary/aromatic N) is 2. The maximum atomic E-state index is 13.2.